The van der Waals surface area contributed by atoms with Crippen molar-refractivity contribution in [3.05, 3.63) is 51.7 Å². The molecule has 0 saturated carbocycles. The largest absolute Gasteiger partial charge is 0.256 e. The molecule has 2 aromatic rings. The second-order valence-electron chi connectivity index (χ2n) is 3.36. The number of hydrogen-bond acceptors (Lipinski definition) is 2. The number of aliphatic imine (C=N–C) groups is 1. The van der Waals surface area contributed by atoms with Crippen molar-refractivity contribution in [2.24, 2.45) is 4.99 Å². The lowest BCUT2D eigenvalue weighted by Crippen LogP contribution is -1.85. The first kappa shape index (κ1) is 7.94. The SMILES string of the molecule is C1=Nc2ccccc2Cc2sccc21. The molecule has 0 saturated heterocycles. The number of rotatable bonds is 0. The maximum absolute atomic E-state index is 4.48. The molecule has 0 atom stereocenters. The predicted molar refractivity (Wildman–Crippen MR) is 60.8 cm³/mol. The van der Waals surface area contributed by atoms with Crippen molar-refractivity contribution in [2.75, 3.05) is 0 Å². The summed E-state index contributed by atoms with van der Waals surface area (Å²) in [4.78, 5) is 5.90. The lowest BCUT2D eigenvalue weighted by molar-refractivity contribution is 1.24. The monoisotopic (exact) mass is 199 g/mol. The highest BCUT2D eigenvalue weighted by atomic mass is 32.1. The molecule has 2 heteroatoms. The van der Waals surface area contributed by atoms with Crippen LogP contribution in [-0.2, 0) is 6.42 Å². The van der Waals surface area contributed by atoms with Crippen molar-refractivity contribution in [3.63, 3.8) is 0 Å². The van der Waals surface area contributed by atoms with Gasteiger partial charge in [-0.25, -0.2) is 0 Å². The zero-order chi connectivity index (χ0) is 9.38. The van der Waals surface area contributed by atoms with Gasteiger partial charge in [0.25, 0.3) is 0 Å². The van der Waals surface area contributed by atoms with Crippen molar-refractivity contribution in [1.82, 2.24) is 0 Å². The van der Waals surface area contributed by atoms with Gasteiger partial charge in [-0.3, -0.25) is 4.99 Å². The Morgan fingerprint density at radius 1 is 1.14 bits per heavy atom. The van der Waals surface area contributed by atoms with Gasteiger partial charge < -0.3 is 0 Å². The van der Waals surface area contributed by atoms with Crippen LogP contribution in [0.5, 0.6) is 0 Å². The fourth-order valence-corrected chi connectivity index (χ4v) is 2.58. The summed E-state index contributed by atoms with van der Waals surface area (Å²) in [5, 5.41) is 2.13. The molecule has 0 aliphatic carbocycles. The average Bonchev–Trinajstić information content (AvgIpc) is 2.58. The van der Waals surface area contributed by atoms with E-state index in [1.165, 1.54) is 16.0 Å². The Balaban J connectivity index is 2.19. The molecule has 1 aromatic carbocycles. The molecule has 0 radical (unpaired) electrons. The smallest absolute Gasteiger partial charge is 0.0665 e. The predicted octanol–water partition coefficient (Wildman–Crippen LogP) is 3.40. The van der Waals surface area contributed by atoms with E-state index in [9.17, 15) is 0 Å². The molecule has 68 valence electrons. The van der Waals surface area contributed by atoms with Crippen LogP contribution < -0.4 is 0 Å². The van der Waals surface area contributed by atoms with Crippen LogP contribution in [0.1, 0.15) is 16.0 Å². The molecule has 0 N–H and O–H groups in total. The minimum Gasteiger partial charge on any atom is -0.256 e. The fraction of sp³-hybridized carbons (Fsp3) is 0.0833. The third-order valence-electron chi connectivity index (χ3n) is 2.47. The van der Waals surface area contributed by atoms with Crippen LogP contribution in [-0.4, -0.2) is 6.21 Å². The van der Waals surface area contributed by atoms with E-state index in [1.807, 2.05) is 23.6 Å². The molecule has 0 bridgehead atoms. The molecule has 3 rings (SSSR count). The summed E-state index contributed by atoms with van der Waals surface area (Å²) >= 11 is 1.81. The summed E-state index contributed by atoms with van der Waals surface area (Å²) in [6.07, 6.45) is 2.99. The van der Waals surface area contributed by atoms with Crippen molar-refractivity contribution in [2.45, 2.75) is 6.42 Å². The van der Waals surface area contributed by atoms with Crippen molar-refractivity contribution in [1.29, 1.82) is 0 Å². The van der Waals surface area contributed by atoms with Gasteiger partial charge in [0.05, 0.1) is 5.69 Å². The highest BCUT2D eigenvalue weighted by Gasteiger charge is 2.09. The molecule has 1 aliphatic heterocycles. The van der Waals surface area contributed by atoms with Crippen LogP contribution in [0, 0.1) is 0 Å². The molecule has 0 spiro atoms. The summed E-state index contributed by atoms with van der Waals surface area (Å²) < 4.78 is 0. The van der Waals surface area contributed by atoms with E-state index in [4.69, 9.17) is 0 Å². The van der Waals surface area contributed by atoms with Crippen LogP contribution in [0.2, 0.25) is 0 Å². The summed E-state index contributed by atoms with van der Waals surface area (Å²) in [6, 6.07) is 10.5. The number of hydrogen-bond donors (Lipinski definition) is 0. The van der Waals surface area contributed by atoms with E-state index in [-0.39, 0.29) is 0 Å². The molecule has 1 aliphatic rings. The number of nitrogens with zero attached hydrogens (tertiary/aromatic N) is 1. The number of para-hydroxylation sites is 1. The Hall–Kier alpha value is -1.41. The van der Waals surface area contributed by atoms with Gasteiger partial charge in [-0.1, -0.05) is 18.2 Å². The lowest BCUT2D eigenvalue weighted by Gasteiger charge is -2.00. The first-order chi connectivity index (χ1) is 6.93. The zero-order valence-corrected chi connectivity index (χ0v) is 8.42. The second kappa shape index (κ2) is 3.07. The van der Waals surface area contributed by atoms with E-state index < -0.39 is 0 Å². The molecule has 0 fully saturated rings. The fourth-order valence-electron chi connectivity index (χ4n) is 1.71. The Bertz CT molecular complexity index is 497. The molecule has 14 heavy (non-hydrogen) atoms. The minimum absolute atomic E-state index is 1.02. The summed E-state index contributed by atoms with van der Waals surface area (Å²) in [7, 11) is 0. The van der Waals surface area contributed by atoms with E-state index in [0.29, 0.717) is 0 Å². The van der Waals surface area contributed by atoms with Gasteiger partial charge in [-0.05, 0) is 23.1 Å². The average molecular weight is 199 g/mol. The maximum atomic E-state index is 4.48. The molecule has 2 heterocycles. The first-order valence-electron chi connectivity index (χ1n) is 4.62. The van der Waals surface area contributed by atoms with Crippen LogP contribution in [0.25, 0.3) is 0 Å². The third kappa shape index (κ3) is 1.19. The highest BCUT2D eigenvalue weighted by Crippen LogP contribution is 2.28. The Kier molecular flexibility index (Phi) is 1.74. The molecule has 0 amide bonds. The lowest BCUT2D eigenvalue weighted by atomic mass is 10.1. The van der Waals surface area contributed by atoms with Crippen molar-refractivity contribution in [3.8, 4) is 0 Å². The maximum Gasteiger partial charge on any atom is 0.0665 e. The van der Waals surface area contributed by atoms with Crippen LogP contribution in [0.3, 0.4) is 0 Å². The zero-order valence-electron chi connectivity index (χ0n) is 7.60. The third-order valence-corrected chi connectivity index (χ3v) is 3.40. The molecule has 1 aromatic heterocycles. The van der Waals surface area contributed by atoms with E-state index >= 15 is 0 Å². The van der Waals surface area contributed by atoms with Gasteiger partial charge in [-0.2, -0.15) is 0 Å². The van der Waals surface area contributed by atoms with Gasteiger partial charge in [0, 0.05) is 23.1 Å². The normalized spacial score (nSPS) is 13.1. The van der Waals surface area contributed by atoms with E-state index in [0.717, 1.165) is 12.1 Å². The number of fused-ring (bicyclic) bond motifs is 2. The Labute approximate surface area is 86.7 Å². The van der Waals surface area contributed by atoms with Gasteiger partial charge in [0.2, 0.25) is 0 Å². The quantitative estimate of drug-likeness (QED) is 0.526. The standard InChI is InChI=1S/C12H9NS/c1-2-4-11-9(3-1)7-12-10(8-13-11)5-6-14-12/h1-6,8H,7H2. The minimum atomic E-state index is 1.02. The number of benzene rings is 1. The molecular formula is C12H9NS. The van der Waals surface area contributed by atoms with Crippen LogP contribution in [0.4, 0.5) is 5.69 Å². The molecule has 1 nitrogen and oxygen atoms in total. The van der Waals surface area contributed by atoms with Gasteiger partial charge >= 0.3 is 0 Å². The van der Waals surface area contributed by atoms with Gasteiger partial charge in [0.1, 0.15) is 0 Å². The van der Waals surface area contributed by atoms with Gasteiger partial charge in [0.15, 0.2) is 0 Å². The molecular weight excluding hydrogens is 190 g/mol. The highest BCUT2D eigenvalue weighted by molar-refractivity contribution is 7.10. The van der Waals surface area contributed by atoms with E-state index in [2.05, 4.69) is 34.6 Å². The molecule has 0 unspecified atom stereocenters. The first-order valence-corrected chi connectivity index (χ1v) is 5.50. The Morgan fingerprint density at radius 2 is 2.07 bits per heavy atom. The van der Waals surface area contributed by atoms with Crippen molar-refractivity contribution < 1.29 is 0 Å². The number of thiophene rings is 1. The van der Waals surface area contributed by atoms with E-state index in [1.54, 1.807) is 0 Å². The van der Waals surface area contributed by atoms with Crippen LogP contribution in [0.15, 0.2) is 40.7 Å². The second-order valence-corrected chi connectivity index (χ2v) is 4.36. The summed E-state index contributed by atoms with van der Waals surface area (Å²) in [6.45, 7) is 0. The van der Waals surface area contributed by atoms with Gasteiger partial charge in [-0.15, -0.1) is 11.3 Å². The van der Waals surface area contributed by atoms with Crippen molar-refractivity contribution >= 4 is 23.2 Å². The topological polar surface area (TPSA) is 12.4 Å². The summed E-state index contributed by atoms with van der Waals surface area (Å²) in [5.41, 5.74) is 3.70. The summed E-state index contributed by atoms with van der Waals surface area (Å²) in [5.74, 6) is 0. The van der Waals surface area contributed by atoms with Crippen LogP contribution >= 0.6 is 11.3 Å². The Morgan fingerprint density at radius 3 is 3.07 bits per heavy atom.